The minimum absolute atomic E-state index is 0.159. The SMILES string of the molecule is CCCCCc1cnc(-c2cc(F)c(C#C[C@H]3CC[C@H](C=CCl)CC3)c(F)c2)nc1. The summed E-state index contributed by atoms with van der Waals surface area (Å²) >= 11 is 5.64. The Morgan fingerprint density at radius 2 is 1.73 bits per heavy atom. The normalized spacial score (nSPS) is 18.9. The van der Waals surface area contributed by atoms with Gasteiger partial charge in [-0.05, 0) is 62.1 Å². The second-order valence-corrected chi connectivity index (χ2v) is 8.14. The van der Waals surface area contributed by atoms with Crippen LogP contribution in [0.4, 0.5) is 8.78 Å². The zero-order chi connectivity index (χ0) is 21.3. The quantitative estimate of drug-likeness (QED) is 0.363. The summed E-state index contributed by atoms with van der Waals surface area (Å²) in [5.74, 6) is 5.39. The van der Waals surface area contributed by atoms with E-state index in [0.717, 1.165) is 56.9 Å². The van der Waals surface area contributed by atoms with Gasteiger partial charge < -0.3 is 0 Å². The molecule has 2 aromatic rings. The van der Waals surface area contributed by atoms with Gasteiger partial charge in [0.05, 0.1) is 5.56 Å². The molecule has 30 heavy (non-hydrogen) atoms. The number of hydrogen-bond acceptors (Lipinski definition) is 2. The van der Waals surface area contributed by atoms with Gasteiger partial charge in [-0.25, -0.2) is 18.7 Å². The number of unbranched alkanes of at least 4 members (excludes halogenated alkanes) is 2. The van der Waals surface area contributed by atoms with Crippen molar-refractivity contribution in [3.05, 3.63) is 58.9 Å². The second kappa shape index (κ2) is 11.2. The summed E-state index contributed by atoms with van der Waals surface area (Å²) in [7, 11) is 0. The average molecular weight is 429 g/mol. The van der Waals surface area contributed by atoms with E-state index >= 15 is 0 Å². The van der Waals surface area contributed by atoms with Crippen molar-refractivity contribution in [2.75, 3.05) is 0 Å². The summed E-state index contributed by atoms with van der Waals surface area (Å²) in [5, 5.41) is 0. The van der Waals surface area contributed by atoms with Gasteiger partial charge in [0, 0.05) is 29.4 Å². The molecule has 2 nitrogen and oxygen atoms in total. The minimum atomic E-state index is -0.674. The van der Waals surface area contributed by atoms with Gasteiger partial charge in [0.25, 0.3) is 0 Å². The van der Waals surface area contributed by atoms with Crippen LogP contribution in [-0.4, -0.2) is 9.97 Å². The van der Waals surface area contributed by atoms with E-state index in [2.05, 4.69) is 28.7 Å². The monoisotopic (exact) mass is 428 g/mol. The smallest absolute Gasteiger partial charge is 0.159 e. The van der Waals surface area contributed by atoms with Crippen LogP contribution in [0.1, 0.15) is 63.0 Å². The van der Waals surface area contributed by atoms with E-state index in [0.29, 0.717) is 17.3 Å². The minimum Gasteiger partial charge on any atom is -0.236 e. The molecular formula is C25H27ClF2N2. The molecule has 3 rings (SSSR count). The van der Waals surface area contributed by atoms with Crippen LogP contribution in [-0.2, 0) is 6.42 Å². The van der Waals surface area contributed by atoms with Crippen LogP contribution in [0.2, 0.25) is 0 Å². The van der Waals surface area contributed by atoms with Crippen molar-refractivity contribution >= 4 is 11.6 Å². The van der Waals surface area contributed by atoms with E-state index in [1.54, 1.807) is 17.9 Å². The molecule has 1 saturated carbocycles. The molecule has 0 spiro atoms. The Morgan fingerprint density at radius 3 is 2.33 bits per heavy atom. The molecule has 1 aliphatic carbocycles. The van der Waals surface area contributed by atoms with Gasteiger partial charge in [0.2, 0.25) is 0 Å². The number of aromatic nitrogens is 2. The lowest BCUT2D eigenvalue weighted by Gasteiger charge is -2.22. The molecule has 0 N–H and O–H groups in total. The third kappa shape index (κ3) is 6.12. The van der Waals surface area contributed by atoms with Crippen LogP contribution in [0.15, 0.2) is 36.1 Å². The first-order valence-electron chi connectivity index (χ1n) is 10.7. The van der Waals surface area contributed by atoms with Crippen LogP contribution < -0.4 is 0 Å². The summed E-state index contributed by atoms with van der Waals surface area (Å²) in [4.78, 5) is 8.57. The van der Waals surface area contributed by atoms with Gasteiger partial charge in [-0.15, -0.1) is 0 Å². The van der Waals surface area contributed by atoms with Crippen molar-refractivity contribution < 1.29 is 8.78 Å². The standard InChI is InChI=1S/C25H27ClF2N2/c1-2-3-4-5-20-16-29-25(30-17-20)21-14-23(27)22(24(28)15-21)11-10-18-6-8-19(9-7-18)12-13-26/h12-19H,2-9H2,1H3/t18-,19-. The summed E-state index contributed by atoms with van der Waals surface area (Å²) in [5.41, 5.74) is 2.74. The zero-order valence-electron chi connectivity index (χ0n) is 17.3. The summed E-state index contributed by atoms with van der Waals surface area (Å²) in [6, 6.07) is 2.53. The number of nitrogens with zero attached hydrogens (tertiary/aromatic N) is 2. The summed E-state index contributed by atoms with van der Waals surface area (Å²) < 4.78 is 29.2. The highest BCUT2D eigenvalue weighted by atomic mass is 35.5. The Labute approximate surface area is 182 Å². The fourth-order valence-corrected chi connectivity index (χ4v) is 3.97. The molecule has 1 aromatic carbocycles. The number of benzene rings is 1. The van der Waals surface area contributed by atoms with Gasteiger partial charge in [-0.2, -0.15) is 0 Å². The molecule has 0 unspecified atom stereocenters. The van der Waals surface area contributed by atoms with Crippen LogP contribution >= 0.6 is 11.6 Å². The number of rotatable bonds is 6. The first kappa shape index (κ1) is 22.4. The highest BCUT2D eigenvalue weighted by Gasteiger charge is 2.18. The van der Waals surface area contributed by atoms with Crippen molar-refractivity contribution in [2.45, 2.75) is 58.3 Å². The van der Waals surface area contributed by atoms with Crippen LogP contribution in [0, 0.1) is 35.3 Å². The fourth-order valence-electron chi connectivity index (χ4n) is 3.77. The Hall–Kier alpha value is -2.25. The van der Waals surface area contributed by atoms with E-state index in [9.17, 15) is 8.78 Å². The number of hydrogen-bond donors (Lipinski definition) is 0. The van der Waals surface area contributed by atoms with Gasteiger partial charge in [-0.1, -0.05) is 49.3 Å². The molecule has 5 heteroatoms. The Kier molecular flexibility index (Phi) is 8.39. The molecule has 0 aliphatic heterocycles. The predicted octanol–water partition coefficient (Wildman–Crippen LogP) is 7.06. The van der Waals surface area contributed by atoms with Crippen molar-refractivity contribution in [3.63, 3.8) is 0 Å². The second-order valence-electron chi connectivity index (χ2n) is 7.89. The highest BCUT2D eigenvalue weighted by Crippen LogP contribution is 2.29. The van der Waals surface area contributed by atoms with Crippen LogP contribution in [0.3, 0.4) is 0 Å². The predicted molar refractivity (Wildman–Crippen MR) is 118 cm³/mol. The maximum Gasteiger partial charge on any atom is 0.159 e. The van der Waals surface area contributed by atoms with Crippen molar-refractivity contribution in [1.29, 1.82) is 0 Å². The zero-order valence-corrected chi connectivity index (χ0v) is 18.1. The van der Waals surface area contributed by atoms with E-state index in [1.807, 2.05) is 6.08 Å². The lowest BCUT2D eigenvalue weighted by molar-refractivity contribution is 0.365. The van der Waals surface area contributed by atoms with Crippen molar-refractivity contribution in [1.82, 2.24) is 9.97 Å². The van der Waals surface area contributed by atoms with Crippen molar-refractivity contribution in [2.24, 2.45) is 11.8 Å². The molecule has 158 valence electrons. The van der Waals surface area contributed by atoms with E-state index in [4.69, 9.17) is 11.6 Å². The van der Waals surface area contributed by atoms with Gasteiger partial charge >= 0.3 is 0 Å². The molecule has 0 radical (unpaired) electrons. The highest BCUT2D eigenvalue weighted by molar-refractivity contribution is 6.25. The molecule has 1 heterocycles. The van der Waals surface area contributed by atoms with Crippen LogP contribution in [0.5, 0.6) is 0 Å². The largest absolute Gasteiger partial charge is 0.236 e. The third-order valence-corrected chi connectivity index (χ3v) is 5.74. The molecule has 1 aliphatic rings. The maximum absolute atomic E-state index is 14.6. The molecule has 1 aromatic heterocycles. The number of allylic oxidation sites excluding steroid dienone is 1. The summed E-state index contributed by atoms with van der Waals surface area (Å²) in [6.45, 7) is 2.15. The third-order valence-electron chi connectivity index (χ3n) is 5.59. The molecule has 0 saturated heterocycles. The topological polar surface area (TPSA) is 25.8 Å². The van der Waals surface area contributed by atoms with E-state index < -0.39 is 11.6 Å². The first-order valence-corrected chi connectivity index (χ1v) is 11.1. The van der Waals surface area contributed by atoms with E-state index in [1.165, 1.54) is 12.1 Å². The number of aryl methyl sites for hydroxylation is 1. The van der Waals surface area contributed by atoms with Gasteiger partial charge in [0.1, 0.15) is 11.6 Å². The fraction of sp³-hybridized carbons (Fsp3) is 0.440. The van der Waals surface area contributed by atoms with E-state index in [-0.39, 0.29) is 11.5 Å². The molecule has 1 fully saturated rings. The number of halogens is 3. The van der Waals surface area contributed by atoms with Crippen LogP contribution in [0.25, 0.3) is 11.4 Å². The summed E-state index contributed by atoms with van der Waals surface area (Å²) in [6.07, 6.45) is 13.6. The molecule has 0 atom stereocenters. The molecule has 0 amide bonds. The van der Waals surface area contributed by atoms with Gasteiger partial charge in [0.15, 0.2) is 5.82 Å². The maximum atomic E-state index is 14.6. The molecule has 0 bridgehead atoms. The Balaban J connectivity index is 1.69. The lowest BCUT2D eigenvalue weighted by Crippen LogP contribution is -2.11. The first-order chi connectivity index (χ1) is 14.6. The van der Waals surface area contributed by atoms with Gasteiger partial charge in [-0.3, -0.25) is 0 Å². The Bertz CT molecular complexity index is 897. The average Bonchev–Trinajstić information content (AvgIpc) is 2.75. The molecular weight excluding hydrogens is 402 g/mol. The Morgan fingerprint density at radius 1 is 1.07 bits per heavy atom. The lowest BCUT2D eigenvalue weighted by atomic mass is 9.82. The van der Waals surface area contributed by atoms with Crippen molar-refractivity contribution in [3.8, 4) is 23.2 Å².